The molecule has 0 aliphatic carbocycles. The van der Waals surface area contributed by atoms with Gasteiger partial charge in [-0.1, -0.05) is 6.92 Å². The van der Waals surface area contributed by atoms with Crippen LogP contribution in [0.3, 0.4) is 0 Å². The summed E-state index contributed by atoms with van der Waals surface area (Å²) in [5.74, 6) is -0.510. The zero-order chi connectivity index (χ0) is 12.3. The molecule has 0 amide bonds. The van der Waals surface area contributed by atoms with Crippen LogP contribution >= 0.6 is 0 Å². The Balaban J connectivity index is 2.34. The van der Waals surface area contributed by atoms with Gasteiger partial charge in [0, 0.05) is 24.5 Å². The van der Waals surface area contributed by atoms with E-state index >= 15 is 0 Å². The van der Waals surface area contributed by atoms with Crippen LogP contribution in [0.15, 0.2) is 30.7 Å². The molecule has 4 nitrogen and oxygen atoms in total. The summed E-state index contributed by atoms with van der Waals surface area (Å²) in [4.78, 5) is 3.66. The first kappa shape index (κ1) is 11.7. The van der Waals surface area contributed by atoms with E-state index in [1.54, 1.807) is 16.9 Å². The van der Waals surface area contributed by atoms with Crippen LogP contribution in [0.1, 0.15) is 30.7 Å². The van der Waals surface area contributed by atoms with Crippen molar-refractivity contribution in [3.63, 3.8) is 0 Å². The van der Waals surface area contributed by atoms with Crippen molar-refractivity contribution in [3.8, 4) is 0 Å². The van der Waals surface area contributed by atoms with Gasteiger partial charge in [-0.25, -0.2) is 4.39 Å². The molecule has 2 rings (SSSR count). The molecule has 2 aromatic heterocycles. The third-order valence-electron chi connectivity index (χ3n) is 2.56. The highest BCUT2D eigenvalue weighted by atomic mass is 19.1. The summed E-state index contributed by atoms with van der Waals surface area (Å²) in [7, 11) is 0. The topological polar surface area (TPSA) is 50.9 Å². The lowest BCUT2D eigenvalue weighted by Gasteiger charge is -2.13. The Kier molecular flexibility index (Phi) is 3.49. The van der Waals surface area contributed by atoms with E-state index in [-0.39, 0.29) is 5.56 Å². The van der Waals surface area contributed by atoms with Crippen molar-refractivity contribution < 1.29 is 9.50 Å². The summed E-state index contributed by atoms with van der Waals surface area (Å²) in [6.45, 7) is 2.72. The molecule has 2 aromatic rings. The molecule has 1 unspecified atom stereocenters. The van der Waals surface area contributed by atoms with Crippen molar-refractivity contribution in [2.45, 2.75) is 26.0 Å². The number of aromatic nitrogens is 3. The van der Waals surface area contributed by atoms with Gasteiger partial charge in [-0.2, -0.15) is 5.10 Å². The zero-order valence-electron chi connectivity index (χ0n) is 9.55. The van der Waals surface area contributed by atoms with E-state index in [1.165, 1.54) is 12.3 Å². The molecule has 0 radical (unpaired) electrons. The van der Waals surface area contributed by atoms with Gasteiger partial charge in [0.15, 0.2) is 0 Å². The molecule has 0 saturated carbocycles. The fraction of sp³-hybridized carbons (Fsp3) is 0.333. The average molecular weight is 235 g/mol. The average Bonchev–Trinajstić information content (AvgIpc) is 2.78. The molecule has 90 valence electrons. The Labute approximate surface area is 98.7 Å². The molecule has 0 spiro atoms. The van der Waals surface area contributed by atoms with Crippen molar-refractivity contribution in [1.29, 1.82) is 0 Å². The molecule has 2 heterocycles. The molecular formula is C12H14FN3O. The summed E-state index contributed by atoms with van der Waals surface area (Å²) in [5.41, 5.74) is 0.815. The largest absolute Gasteiger partial charge is 0.382 e. The number of aryl methyl sites for hydroxylation is 1. The third kappa shape index (κ3) is 2.34. The lowest BCUT2D eigenvalue weighted by atomic mass is 10.1. The van der Waals surface area contributed by atoms with Gasteiger partial charge in [-0.05, 0) is 18.6 Å². The van der Waals surface area contributed by atoms with E-state index < -0.39 is 11.9 Å². The summed E-state index contributed by atoms with van der Waals surface area (Å²) < 4.78 is 15.2. The van der Waals surface area contributed by atoms with E-state index in [0.717, 1.165) is 12.6 Å². The molecule has 0 aliphatic heterocycles. The molecule has 0 fully saturated rings. The summed E-state index contributed by atoms with van der Waals surface area (Å²) in [6.07, 6.45) is 4.06. The number of pyridine rings is 1. The maximum atomic E-state index is 13.5. The smallest absolute Gasteiger partial charge is 0.147 e. The van der Waals surface area contributed by atoms with Crippen LogP contribution in [-0.2, 0) is 6.54 Å². The van der Waals surface area contributed by atoms with Gasteiger partial charge in [0.1, 0.15) is 11.9 Å². The first-order chi connectivity index (χ1) is 8.24. The van der Waals surface area contributed by atoms with Gasteiger partial charge >= 0.3 is 0 Å². The summed E-state index contributed by atoms with van der Waals surface area (Å²) in [6, 6.07) is 3.17. The molecule has 1 atom stereocenters. The highest BCUT2D eigenvalue weighted by Crippen LogP contribution is 2.23. The lowest BCUT2D eigenvalue weighted by Crippen LogP contribution is -2.11. The van der Waals surface area contributed by atoms with Crippen LogP contribution in [0.2, 0.25) is 0 Å². The van der Waals surface area contributed by atoms with Gasteiger partial charge in [-0.15, -0.1) is 0 Å². The van der Waals surface area contributed by atoms with Crippen LogP contribution in [0.5, 0.6) is 0 Å². The predicted molar refractivity (Wildman–Crippen MR) is 60.8 cm³/mol. The van der Waals surface area contributed by atoms with Gasteiger partial charge < -0.3 is 5.11 Å². The van der Waals surface area contributed by atoms with Gasteiger partial charge in [0.2, 0.25) is 0 Å². The number of hydrogen-bond acceptors (Lipinski definition) is 3. The Morgan fingerprint density at radius 1 is 1.41 bits per heavy atom. The van der Waals surface area contributed by atoms with Gasteiger partial charge in [-0.3, -0.25) is 9.67 Å². The molecule has 0 saturated heterocycles. The van der Waals surface area contributed by atoms with E-state index in [4.69, 9.17) is 0 Å². The van der Waals surface area contributed by atoms with Crippen LogP contribution in [0.25, 0.3) is 0 Å². The Bertz CT molecular complexity index is 498. The van der Waals surface area contributed by atoms with Crippen LogP contribution in [0, 0.1) is 5.82 Å². The van der Waals surface area contributed by atoms with Crippen LogP contribution in [0.4, 0.5) is 4.39 Å². The second kappa shape index (κ2) is 5.05. The molecule has 5 heteroatoms. The van der Waals surface area contributed by atoms with Crippen molar-refractivity contribution in [1.82, 2.24) is 14.8 Å². The van der Waals surface area contributed by atoms with E-state index in [2.05, 4.69) is 10.1 Å². The maximum Gasteiger partial charge on any atom is 0.147 e. The number of rotatable bonds is 4. The van der Waals surface area contributed by atoms with Gasteiger partial charge in [0.05, 0.1) is 11.9 Å². The zero-order valence-corrected chi connectivity index (χ0v) is 9.55. The predicted octanol–water partition coefficient (Wildman–Crippen LogP) is 1.91. The molecule has 17 heavy (non-hydrogen) atoms. The second-order valence-electron chi connectivity index (χ2n) is 3.78. The molecule has 0 aliphatic rings. The van der Waals surface area contributed by atoms with Crippen molar-refractivity contribution in [2.75, 3.05) is 0 Å². The summed E-state index contributed by atoms with van der Waals surface area (Å²) in [5, 5.41) is 14.2. The highest BCUT2D eigenvalue weighted by molar-refractivity contribution is 5.24. The Morgan fingerprint density at radius 3 is 2.94 bits per heavy atom. The molecule has 1 N–H and O–H groups in total. The Hall–Kier alpha value is -1.75. The highest BCUT2D eigenvalue weighted by Gasteiger charge is 2.18. The number of halogens is 1. The normalized spacial score (nSPS) is 12.6. The SMILES string of the molecule is CCCn1nccc1C(O)c1ccncc1F. The first-order valence-corrected chi connectivity index (χ1v) is 5.53. The first-order valence-electron chi connectivity index (χ1n) is 5.53. The number of hydrogen-bond donors (Lipinski definition) is 1. The van der Waals surface area contributed by atoms with Crippen LogP contribution < -0.4 is 0 Å². The number of nitrogens with zero attached hydrogens (tertiary/aromatic N) is 3. The van der Waals surface area contributed by atoms with Crippen molar-refractivity contribution >= 4 is 0 Å². The lowest BCUT2D eigenvalue weighted by molar-refractivity contribution is 0.202. The van der Waals surface area contributed by atoms with Crippen molar-refractivity contribution in [2.24, 2.45) is 0 Å². The molecular weight excluding hydrogens is 221 g/mol. The maximum absolute atomic E-state index is 13.5. The summed E-state index contributed by atoms with van der Waals surface area (Å²) >= 11 is 0. The number of aliphatic hydroxyl groups excluding tert-OH is 1. The van der Waals surface area contributed by atoms with Crippen LogP contribution in [-0.4, -0.2) is 19.9 Å². The van der Waals surface area contributed by atoms with E-state index in [1.807, 2.05) is 6.92 Å². The van der Waals surface area contributed by atoms with E-state index in [0.29, 0.717) is 12.2 Å². The minimum absolute atomic E-state index is 0.220. The Morgan fingerprint density at radius 2 is 2.24 bits per heavy atom. The van der Waals surface area contributed by atoms with Crippen molar-refractivity contribution in [3.05, 3.63) is 47.8 Å². The molecule has 0 aromatic carbocycles. The molecule has 0 bridgehead atoms. The quantitative estimate of drug-likeness (QED) is 0.880. The second-order valence-corrected chi connectivity index (χ2v) is 3.78. The van der Waals surface area contributed by atoms with Gasteiger partial charge in [0.25, 0.3) is 0 Å². The monoisotopic (exact) mass is 235 g/mol. The minimum atomic E-state index is -1.01. The fourth-order valence-corrected chi connectivity index (χ4v) is 1.74. The fourth-order valence-electron chi connectivity index (χ4n) is 1.74. The minimum Gasteiger partial charge on any atom is -0.382 e. The number of aliphatic hydroxyl groups is 1. The van der Waals surface area contributed by atoms with E-state index in [9.17, 15) is 9.50 Å². The standard InChI is InChI=1S/C12H14FN3O/c1-2-7-16-11(4-6-15-16)12(17)9-3-5-14-8-10(9)13/h3-6,8,12,17H,2,7H2,1H3. The third-order valence-corrected chi connectivity index (χ3v) is 2.56.